The number of aromatic nitrogens is 4. The number of hydrogen-bond donors (Lipinski definition) is 2. The molecule has 0 aliphatic carbocycles. The van der Waals surface area contributed by atoms with Crippen LogP contribution in [0.5, 0.6) is 5.75 Å². The largest absolute Gasteiger partial charge is 0.492 e. The minimum Gasteiger partial charge on any atom is -0.492 e. The monoisotopic (exact) mass is 381 g/mol. The van der Waals surface area contributed by atoms with E-state index in [9.17, 15) is 9.59 Å². The fourth-order valence-electron chi connectivity index (χ4n) is 2.94. The number of benzene rings is 1. The Morgan fingerprint density at radius 1 is 1.18 bits per heavy atom. The summed E-state index contributed by atoms with van der Waals surface area (Å²) in [7, 11) is 1.56. The molecule has 9 nitrogen and oxygen atoms in total. The van der Waals surface area contributed by atoms with Crippen molar-refractivity contribution in [3.8, 4) is 5.75 Å². The maximum atomic E-state index is 12.4. The number of nitrogens with one attached hydrogen (secondary N) is 2. The molecule has 3 aromatic heterocycles. The first-order chi connectivity index (χ1) is 13.6. The Kier molecular flexibility index (Phi) is 4.71. The molecule has 0 amide bonds. The second-order valence-corrected chi connectivity index (χ2v) is 6.17. The van der Waals surface area contributed by atoms with Gasteiger partial charge in [0.05, 0.1) is 19.4 Å². The van der Waals surface area contributed by atoms with Crippen LogP contribution in [0.2, 0.25) is 0 Å². The normalized spacial score (nSPS) is 11.0. The van der Waals surface area contributed by atoms with E-state index < -0.39 is 11.2 Å². The van der Waals surface area contributed by atoms with Crippen LogP contribution in [0.3, 0.4) is 0 Å². The first kappa shape index (κ1) is 17.7. The lowest BCUT2D eigenvalue weighted by atomic mass is 10.3. The number of hydrogen-bond acceptors (Lipinski definition) is 6. The molecule has 4 aromatic rings. The standard InChI is InChI=1S/C19H19N5O4/c1-23-16-15(17(25)22-19(23)26)24(9-11-28-13-6-3-2-4-7-13)18(21-16)20-12-14-8-5-10-27-14/h2-8,10H,9,11-12H2,1H3,(H,20,21)(H,22,25,26). The number of aromatic amines is 1. The minimum atomic E-state index is -0.514. The van der Waals surface area contributed by atoms with Crippen molar-refractivity contribution >= 4 is 17.1 Å². The van der Waals surface area contributed by atoms with E-state index in [1.54, 1.807) is 23.9 Å². The molecule has 0 saturated heterocycles. The molecule has 28 heavy (non-hydrogen) atoms. The predicted octanol–water partition coefficient (Wildman–Crippen LogP) is 1.71. The van der Waals surface area contributed by atoms with Crippen molar-refractivity contribution in [3.05, 3.63) is 75.3 Å². The Labute approximate surface area is 159 Å². The molecule has 0 saturated carbocycles. The number of aryl methyl sites for hydroxylation is 1. The maximum Gasteiger partial charge on any atom is 0.329 e. The SMILES string of the molecule is Cn1c(=O)[nH]c(=O)c2c1nc(NCc1ccco1)n2CCOc1ccccc1. The molecule has 0 spiro atoms. The molecular formula is C19H19N5O4. The smallest absolute Gasteiger partial charge is 0.329 e. The van der Waals surface area contributed by atoms with E-state index in [1.165, 1.54) is 4.57 Å². The highest BCUT2D eigenvalue weighted by Crippen LogP contribution is 2.17. The van der Waals surface area contributed by atoms with Gasteiger partial charge in [-0.05, 0) is 24.3 Å². The lowest BCUT2D eigenvalue weighted by Gasteiger charge is -2.11. The molecule has 9 heteroatoms. The van der Waals surface area contributed by atoms with E-state index in [2.05, 4.69) is 15.3 Å². The van der Waals surface area contributed by atoms with Gasteiger partial charge in [-0.25, -0.2) is 4.79 Å². The summed E-state index contributed by atoms with van der Waals surface area (Å²) in [5, 5.41) is 3.16. The highest BCUT2D eigenvalue weighted by molar-refractivity contribution is 5.74. The molecule has 0 bridgehead atoms. The van der Waals surface area contributed by atoms with Gasteiger partial charge in [0.15, 0.2) is 11.2 Å². The summed E-state index contributed by atoms with van der Waals surface area (Å²) in [6, 6.07) is 13.0. The third-order valence-electron chi connectivity index (χ3n) is 4.33. The van der Waals surface area contributed by atoms with Crippen molar-refractivity contribution in [2.24, 2.45) is 7.05 Å². The molecule has 0 atom stereocenters. The molecule has 144 valence electrons. The zero-order valence-corrected chi connectivity index (χ0v) is 15.2. The van der Waals surface area contributed by atoms with Crippen molar-refractivity contribution in [3.63, 3.8) is 0 Å². The zero-order valence-electron chi connectivity index (χ0n) is 15.2. The Morgan fingerprint density at radius 3 is 2.75 bits per heavy atom. The number of imidazole rings is 1. The summed E-state index contributed by atoms with van der Waals surface area (Å²) in [5.41, 5.74) is -0.396. The quantitative estimate of drug-likeness (QED) is 0.505. The first-order valence-electron chi connectivity index (χ1n) is 8.77. The summed E-state index contributed by atoms with van der Waals surface area (Å²) in [5.74, 6) is 1.91. The maximum absolute atomic E-state index is 12.4. The van der Waals surface area contributed by atoms with Crippen LogP contribution in [0.1, 0.15) is 5.76 Å². The van der Waals surface area contributed by atoms with Crippen LogP contribution < -0.4 is 21.3 Å². The van der Waals surface area contributed by atoms with Gasteiger partial charge in [-0.1, -0.05) is 18.2 Å². The van der Waals surface area contributed by atoms with Crippen molar-refractivity contribution in [2.75, 3.05) is 11.9 Å². The number of para-hydroxylation sites is 1. The minimum absolute atomic E-state index is 0.301. The number of fused-ring (bicyclic) bond motifs is 1. The number of furan rings is 1. The molecule has 0 radical (unpaired) electrons. The molecule has 1 aromatic carbocycles. The van der Waals surface area contributed by atoms with Crippen LogP contribution >= 0.6 is 0 Å². The predicted molar refractivity (Wildman–Crippen MR) is 104 cm³/mol. The van der Waals surface area contributed by atoms with Gasteiger partial charge in [-0.3, -0.25) is 14.3 Å². The Balaban J connectivity index is 1.66. The second kappa shape index (κ2) is 7.47. The molecule has 0 aliphatic rings. The summed E-state index contributed by atoms with van der Waals surface area (Å²) in [6.07, 6.45) is 1.59. The van der Waals surface area contributed by atoms with Gasteiger partial charge in [-0.15, -0.1) is 0 Å². The highest BCUT2D eigenvalue weighted by atomic mass is 16.5. The number of anilines is 1. The van der Waals surface area contributed by atoms with Crippen LogP contribution in [-0.2, 0) is 20.1 Å². The first-order valence-corrected chi connectivity index (χ1v) is 8.77. The average molecular weight is 381 g/mol. The molecule has 3 heterocycles. The van der Waals surface area contributed by atoms with Crippen molar-refractivity contribution < 1.29 is 9.15 Å². The van der Waals surface area contributed by atoms with Crippen molar-refractivity contribution in [2.45, 2.75) is 13.1 Å². The molecule has 0 aliphatic heterocycles. The molecule has 0 unspecified atom stereocenters. The van der Waals surface area contributed by atoms with E-state index in [-0.39, 0.29) is 0 Å². The van der Waals surface area contributed by atoms with E-state index >= 15 is 0 Å². The Morgan fingerprint density at radius 2 is 2.00 bits per heavy atom. The third kappa shape index (κ3) is 3.41. The van der Waals surface area contributed by atoms with E-state index in [0.717, 1.165) is 11.5 Å². The Bertz CT molecular complexity index is 1190. The summed E-state index contributed by atoms with van der Waals surface area (Å²) >= 11 is 0. The van der Waals surface area contributed by atoms with Gasteiger partial charge in [0, 0.05) is 7.05 Å². The van der Waals surface area contributed by atoms with E-state index in [4.69, 9.17) is 9.15 Å². The second-order valence-electron chi connectivity index (χ2n) is 6.17. The van der Waals surface area contributed by atoms with Crippen LogP contribution in [0.25, 0.3) is 11.2 Å². The van der Waals surface area contributed by atoms with Gasteiger partial charge >= 0.3 is 5.69 Å². The average Bonchev–Trinajstić information content (AvgIpc) is 3.34. The number of nitrogens with zero attached hydrogens (tertiary/aromatic N) is 3. The van der Waals surface area contributed by atoms with Crippen molar-refractivity contribution in [1.82, 2.24) is 19.1 Å². The van der Waals surface area contributed by atoms with Crippen LogP contribution in [0, 0.1) is 0 Å². The number of H-pyrrole nitrogens is 1. The lowest BCUT2D eigenvalue weighted by Crippen LogP contribution is -2.29. The van der Waals surface area contributed by atoms with Gasteiger partial charge in [0.1, 0.15) is 18.1 Å². The topological polar surface area (TPSA) is 107 Å². The zero-order chi connectivity index (χ0) is 19.5. The summed E-state index contributed by atoms with van der Waals surface area (Å²) in [4.78, 5) is 31.1. The van der Waals surface area contributed by atoms with Gasteiger partial charge in [0.25, 0.3) is 5.56 Å². The Hall–Kier alpha value is -3.75. The summed E-state index contributed by atoms with van der Waals surface area (Å²) in [6.45, 7) is 1.09. The van der Waals surface area contributed by atoms with E-state index in [1.807, 2.05) is 36.4 Å². The molecule has 0 fully saturated rings. The molecule has 2 N–H and O–H groups in total. The third-order valence-corrected chi connectivity index (χ3v) is 4.33. The van der Waals surface area contributed by atoms with Crippen molar-refractivity contribution in [1.29, 1.82) is 0 Å². The fraction of sp³-hybridized carbons (Fsp3) is 0.211. The number of ether oxygens (including phenoxy) is 1. The van der Waals surface area contributed by atoms with Gasteiger partial charge in [-0.2, -0.15) is 4.98 Å². The highest BCUT2D eigenvalue weighted by Gasteiger charge is 2.17. The van der Waals surface area contributed by atoms with Crippen LogP contribution in [0.15, 0.2) is 62.7 Å². The van der Waals surface area contributed by atoms with Crippen LogP contribution in [0.4, 0.5) is 5.95 Å². The summed E-state index contributed by atoms with van der Waals surface area (Å²) < 4.78 is 14.1. The fourth-order valence-corrected chi connectivity index (χ4v) is 2.94. The molecular weight excluding hydrogens is 362 g/mol. The van der Waals surface area contributed by atoms with Crippen LogP contribution in [-0.4, -0.2) is 25.7 Å². The van der Waals surface area contributed by atoms with E-state index in [0.29, 0.717) is 36.8 Å². The number of rotatable bonds is 7. The van der Waals surface area contributed by atoms with Gasteiger partial charge < -0.3 is 19.0 Å². The van der Waals surface area contributed by atoms with Gasteiger partial charge in [0.2, 0.25) is 5.95 Å². The molecule has 4 rings (SSSR count). The lowest BCUT2D eigenvalue weighted by molar-refractivity contribution is 0.300.